The molecule has 0 aliphatic carbocycles. The number of hydrogen-bond acceptors (Lipinski definition) is 4. The first kappa shape index (κ1) is 19.9. The molecule has 0 aromatic heterocycles. The van der Waals surface area contributed by atoms with E-state index >= 15 is 0 Å². The number of aryl methyl sites for hydroxylation is 1. The smallest absolute Gasteiger partial charge is 0.343 e. The first-order chi connectivity index (χ1) is 12.9. The molecule has 1 aliphatic heterocycles. The number of carbonyl (C=O) groups excluding carboxylic acids is 1. The molecule has 0 saturated carbocycles. The number of nitrogens with zero attached hydrogens (tertiary/aromatic N) is 1. The van der Waals surface area contributed by atoms with Crippen molar-refractivity contribution in [1.29, 1.82) is 0 Å². The van der Waals surface area contributed by atoms with E-state index in [0.717, 1.165) is 31.2 Å². The molecule has 0 bridgehead atoms. The normalized spacial score (nSPS) is 15.9. The topological polar surface area (TPSA) is 63.7 Å². The predicted octanol–water partition coefficient (Wildman–Crippen LogP) is 4.43. The average molecular weight is 408 g/mol. The van der Waals surface area contributed by atoms with E-state index in [2.05, 4.69) is 0 Å². The lowest BCUT2D eigenvalue weighted by Crippen LogP contribution is -2.31. The zero-order valence-electron chi connectivity index (χ0n) is 15.2. The molecule has 5 nitrogen and oxygen atoms in total. The number of rotatable bonds is 4. The van der Waals surface area contributed by atoms with Crippen molar-refractivity contribution in [2.75, 3.05) is 13.1 Å². The summed E-state index contributed by atoms with van der Waals surface area (Å²) in [6.45, 7) is 2.95. The van der Waals surface area contributed by atoms with Crippen LogP contribution in [0.15, 0.2) is 47.4 Å². The Balaban J connectivity index is 1.76. The Morgan fingerprint density at radius 3 is 2.26 bits per heavy atom. The van der Waals surface area contributed by atoms with Gasteiger partial charge < -0.3 is 4.74 Å². The van der Waals surface area contributed by atoms with Crippen LogP contribution in [-0.4, -0.2) is 31.8 Å². The summed E-state index contributed by atoms with van der Waals surface area (Å²) in [5, 5.41) is 0.342. The SMILES string of the molecule is Cc1ccc(Cl)c(OC(=O)c2ccc(S(=O)(=O)N3CCCCCC3)cc2)c1. The number of hydrogen-bond donors (Lipinski definition) is 0. The fourth-order valence-electron chi connectivity index (χ4n) is 3.04. The minimum Gasteiger partial charge on any atom is -0.421 e. The second-order valence-electron chi connectivity index (χ2n) is 6.67. The van der Waals surface area contributed by atoms with Crippen LogP contribution in [0.3, 0.4) is 0 Å². The molecule has 1 saturated heterocycles. The van der Waals surface area contributed by atoms with Crippen LogP contribution in [0.4, 0.5) is 0 Å². The Morgan fingerprint density at radius 2 is 1.63 bits per heavy atom. The van der Waals surface area contributed by atoms with Gasteiger partial charge >= 0.3 is 5.97 Å². The summed E-state index contributed by atoms with van der Waals surface area (Å²) in [4.78, 5) is 12.5. The van der Waals surface area contributed by atoms with Gasteiger partial charge in [-0.05, 0) is 61.7 Å². The molecule has 2 aromatic carbocycles. The van der Waals surface area contributed by atoms with Crippen molar-refractivity contribution in [3.05, 3.63) is 58.6 Å². The van der Waals surface area contributed by atoms with Crippen molar-refractivity contribution in [3.8, 4) is 5.75 Å². The second kappa shape index (κ2) is 8.42. The van der Waals surface area contributed by atoms with Crippen LogP contribution in [0.5, 0.6) is 5.75 Å². The Hall–Kier alpha value is -1.89. The molecule has 1 fully saturated rings. The van der Waals surface area contributed by atoms with E-state index in [-0.39, 0.29) is 16.2 Å². The van der Waals surface area contributed by atoms with Gasteiger partial charge in [0.1, 0.15) is 5.75 Å². The van der Waals surface area contributed by atoms with Crippen LogP contribution in [-0.2, 0) is 10.0 Å². The van der Waals surface area contributed by atoms with Crippen LogP contribution >= 0.6 is 11.6 Å². The van der Waals surface area contributed by atoms with Gasteiger partial charge in [0.15, 0.2) is 0 Å². The number of halogens is 1. The van der Waals surface area contributed by atoms with Crippen molar-refractivity contribution in [3.63, 3.8) is 0 Å². The van der Waals surface area contributed by atoms with Crippen LogP contribution < -0.4 is 4.74 Å². The van der Waals surface area contributed by atoms with Crippen LogP contribution in [0.25, 0.3) is 0 Å². The van der Waals surface area contributed by atoms with E-state index in [9.17, 15) is 13.2 Å². The summed E-state index contributed by atoms with van der Waals surface area (Å²) in [7, 11) is -3.54. The maximum Gasteiger partial charge on any atom is 0.343 e. The summed E-state index contributed by atoms with van der Waals surface area (Å²) in [5.41, 5.74) is 1.18. The first-order valence-corrected chi connectivity index (χ1v) is 10.8. The molecular formula is C20H22ClNO4S. The van der Waals surface area contributed by atoms with Gasteiger partial charge in [-0.15, -0.1) is 0 Å². The molecule has 2 aromatic rings. The van der Waals surface area contributed by atoms with E-state index in [1.807, 2.05) is 13.0 Å². The third kappa shape index (κ3) is 4.69. The maximum atomic E-state index is 12.8. The van der Waals surface area contributed by atoms with Gasteiger partial charge in [-0.25, -0.2) is 13.2 Å². The number of carbonyl (C=O) groups is 1. The zero-order valence-corrected chi connectivity index (χ0v) is 16.7. The van der Waals surface area contributed by atoms with E-state index < -0.39 is 16.0 Å². The van der Waals surface area contributed by atoms with E-state index in [1.54, 1.807) is 12.1 Å². The lowest BCUT2D eigenvalue weighted by atomic mass is 10.2. The van der Waals surface area contributed by atoms with Crippen LogP contribution in [0.1, 0.15) is 41.6 Å². The highest BCUT2D eigenvalue weighted by Gasteiger charge is 2.25. The van der Waals surface area contributed by atoms with Gasteiger partial charge in [-0.2, -0.15) is 4.31 Å². The highest BCUT2D eigenvalue weighted by atomic mass is 35.5. The molecule has 1 aliphatic rings. The molecule has 1 heterocycles. The van der Waals surface area contributed by atoms with Crippen molar-refractivity contribution in [1.82, 2.24) is 4.31 Å². The van der Waals surface area contributed by atoms with E-state index in [1.165, 1.54) is 28.6 Å². The Morgan fingerprint density at radius 1 is 1.00 bits per heavy atom. The molecule has 7 heteroatoms. The highest BCUT2D eigenvalue weighted by Crippen LogP contribution is 2.26. The summed E-state index contributed by atoms with van der Waals surface area (Å²) >= 11 is 6.05. The monoisotopic (exact) mass is 407 g/mol. The van der Waals surface area contributed by atoms with Crippen molar-refractivity contribution in [2.45, 2.75) is 37.5 Å². The highest BCUT2D eigenvalue weighted by molar-refractivity contribution is 7.89. The van der Waals surface area contributed by atoms with Gasteiger partial charge in [0.2, 0.25) is 10.0 Å². The Bertz CT molecular complexity index is 917. The average Bonchev–Trinajstić information content (AvgIpc) is 2.95. The van der Waals surface area contributed by atoms with Gasteiger partial charge in [0.05, 0.1) is 15.5 Å². The molecule has 0 N–H and O–H groups in total. The minimum atomic E-state index is -3.54. The molecule has 27 heavy (non-hydrogen) atoms. The van der Waals surface area contributed by atoms with Gasteiger partial charge in [0, 0.05) is 13.1 Å². The minimum absolute atomic E-state index is 0.189. The molecule has 0 unspecified atom stereocenters. The maximum absolute atomic E-state index is 12.8. The van der Waals surface area contributed by atoms with Crippen LogP contribution in [0.2, 0.25) is 5.02 Å². The predicted molar refractivity (Wildman–Crippen MR) is 105 cm³/mol. The molecular weight excluding hydrogens is 386 g/mol. The van der Waals surface area contributed by atoms with Crippen molar-refractivity contribution < 1.29 is 17.9 Å². The molecule has 0 amide bonds. The standard InChI is InChI=1S/C20H22ClNO4S/c1-15-6-11-18(21)19(14-15)26-20(23)16-7-9-17(10-8-16)27(24,25)22-12-4-2-3-5-13-22/h6-11,14H,2-5,12-13H2,1H3. The zero-order chi connectivity index (χ0) is 19.4. The third-order valence-electron chi connectivity index (χ3n) is 4.58. The molecule has 0 atom stereocenters. The summed E-state index contributed by atoms with van der Waals surface area (Å²) < 4.78 is 32.4. The summed E-state index contributed by atoms with van der Waals surface area (Å²) in [5.74, 6) is -0.302. The lowest BCUT2D eigenvalue weighted by Gasteiger charge is -2.20. The molecule has 0 radical (unpaired) electrons. The fraction of sp³-hybridized carbons (Fsp3) is 0.350. The number of sulfonamides is 1. The largest absolute Gasteiger partial charge is 0.421 e. The first-order valence-electron chi connectivity index (χ1n) is 8.96. The fourth-order valence-corrected chi connectivity index (χ4v) is 4.71. The molecule has 3 rings (SSSR count). The van der Waals surface area contributed by atoms with Gasteiger partial charge in [-0.3, -0.25) is 0 Å². The lowest BCUT2D eigenvalue weighted by molar-refractivity contribution is 0.0734. The quantitative estimate of drug-likeness (QED) is 0.555. The van der Waals surface area contributed by atoms with Crippen molar-refractivity contribution in [2.24, 2.45) is 0 Å². The number of benzene rings is 2. The molecule has 144 valence electrons. The van der Waals surface area contributed by atoms with E-state index in [4.69, 9.17) is 16.3 Å². The van der Waals surface area contributed by atoms with Crippen molar-refractivity contribution >= 4 is 27.6 Å². The third-order valence-corrected chi connectivity index (χ3v) is 6.81. The summed E-state index contributed by atoms with van der Waals surface area (Å²) in [6, 6.07) is 11.0. The molecule has 0 spiro atoms. The van der Waals surface area contributed by atoms with Gasteiger partial charge in [0.25, 0.3) is 0 Å². The van der Waals surface area contributed by atoms with Gasteiger partial charge in [-0.1, -0.05) is 30.5 Å². The summed E-state index contributed by atoms with van der Waals surface area (Å²) in [6.07, 6.45) is 3.86. The van der Waals surface area contributed by atoms with E-state index in [0.29, 0.717) is 18.1 Å². The number of ether oxygens (including phenoxy) is 1. The second-order valence-corrected chi connectivity index (χ2v) is 9.01. The van der Waals surface area contributed by atoms with Crippen LogP contribution in [0, 0.1) is 6.92 Å². The Labute approximate surface area is 165 Å². The Kier molecular flexibility index (Phi) is 6.19. The number of esters is 1.